The number of fused-ring (bicyclic) bond motifs is 1. The van der Waals surface area contributed by atoms with Gasteiger partial charge in [0, 0.05) is 24.9 Å². The number of carbonyl (C=O) groups excluding carboxylic acids is 1. The number of hydrogen-bond donors (Lipinski definition) is 2. The maximum Gasteiger partial charge on any atom is 0.247 e. The molecule has 4 rings (SSSR count). The molecule has 1 aliphatic heterocycles. The summed E-state index contributed by atoms with van der Waals surface area (Å²) >= 11 is 0. The van der Waals surface area contributed by atoms with Gasteiger partial charge in [0.2, 0.25) is 5.91 Å². The summed E-state index contributed by atoms with van der Waals surface area (Å²) in [5.74, 6) is 1.23. The number of nitrogens with zero attached hydrogens (tertiary/aromatic N) is 4. The Hall–Kier alpha value is -2.58. The van der Waals surface area contributed by atoms with Crippen molar-refractivity contribution >= 4 is 17.5 Å². The molecule has 8 nitrogen and oxygen atoms in total. The molecule has 1 aliphatic carbocycles. The van der Waals surface area contributed by atoms with Crippen LogP contribution in [0.5, 0.6) is 0 Å². The van der Waals surface area contributed by atoms with E-state index in [0.717, 1.165) is 37.7 Å². The zero-order valence-corrected chi connectivity index (χ0v) is 17.8. The molecule has 1 fully saturated rings. The standard InChI is InChI=1S/C22H29N5O3/c1-22(2,29)18-10-7-14(11-23-18)17-12-24-20-21(26-17)27(19(28)13-25-20)15-5-4-6-16(30-3)9-8-15/h7,10-12,15-16,29H,4-6,8-9,13H2,1-3H3,(H,24,25)/t15-,16-/m1/s1. The van der Waals surface area contributed by atoms with Gasteiger partial charge >= 0.3 is 0 Å². The number of methoxy groups -OCH3 is 1. The number of aliphatic hydroxyl groups is 1. The van der Waals surface area contributed by atoms with Gasteiger partial charge in [-0.05, 0) is 58.1 Å². The van der Waals surface area contributed by atoms with Crippen LogP contribution in [0.25, 0.3) is 11.3 Å². The van der Waals surface area contributed by atoms with Gasteiger partial charge in [-0.1, -0.05) is 0 Å². The first-order valence-corrected chi connectivity index (χ1v) is 10.5. The first-order valence-electron chi connectivity index (χ1n) is 10.5. The van der Waals surface area contributed by atoms with Crippen LogP contribution in [0.2, 0.25) is 0 Å². The minimum absolute atomic E-state index is 0.0188. The molecule has 1 saturated carbocycles. The smallest absolute Gasteiger partial charge is 0.247 e. The van der Waals surface area contributed by atoms with Crippen molar-refractivity contribution in [3.8, 4) is 11.3 Å². The monoisotopic (exact) mass is 411 g/mol. The number of anilines is 2. The van der Waals surface area contributed by atoms with Gasteiger partial charge in [0.1, 0.15) is 5.60 Å². The summed E-state index contributed by atoms with van der Waals surface area (Å²) in [5.41, 5.74) is 1.01. The fraction of sp³-hybridized carbons (Fsp3) is 0.545. The van der Waals surface area contributed by atoms with E-state index in [-0.39, 0.29) is 24.6 Å². The van der Waals surface area contributed by atoms with Crippen LogP contribution in [0.3, 0.4) is 0 Å². The average molecular weight is 412 g/mol. The molecule has 0 aromatic carbocycles. The lowest BCUT2D eigenvalue weighted by molar-refractivity contribution is -0.117. The largest absolute Gasteiger partial charge is 0.384 e. The zero-order valence-electron chi connectivity index (χ0n) is 17.8. The Balaban J connectivity index is 1.65. The maximum atomic E-state index is 12.8. The predicted molar refractivity (Wildman–Crippen MR) is 114 cm³/mol. The molecular weight excluding hydrogens is 382 g/mol. The lowest BCUT2D eigenvalue weighted by atomic mass is 10.0. The molecule has 3 heterocycles. The van der Waals surface area contributed by atoms with E-state index in [1.165, 1.54) is 0 Å². The van der Waals surface area contributed by atoms with Crippen molar-refractivity contribution in [1.82, 2.24) is 15.0 Å². The van der Waals surface area contributed by atoms with Crippen molar-refractivity contribution in [2.24, 2.45) is 0 Å². The highest BCUT2D eigenvalue weighted by atomic mass is 16.5. The fourth-order valence-electron chi connectivity index (χ4n) is 4.20. The minimum Gasteiger partial charge on any atom is -0.384 e. The van der Waals surface area contributed by atoms with E-state index in [0.29, 0.717) is 23.0 Å². The van der Waals surface area contributed by atoms with Gasteiger partial charge < -0.3 is 15.2 Å². The number of nitrogens with one attached hydrogen (secondary N) is 1. The minimum atomic E-state index is -1.01. The summed E-state index contributed by atoms with van der Waals surface area (Å²) in [6.45, 7) is 3.63. The van der Waals surface area contributed by atoms with E-state index >= 15 is 0 Å². The number of pyridine rings is 1. The number of aromatic nitrogens is 3. The lowest BCUT2D eigenvalue weighted by Gasteiger charge is -2.34. The second-order valence-electron chi connectivity index (χ2n) is 8.56. The second-order valence-corrected chi connectivity index (χ2v) is 8.56. The van der Waals surface area contributed by atoms with Gasteiger partial charge in [0.15, 0.2) is 11.6 Å². The Kier molecular flexibility index (Phi) is 5.71. The van der Waals surface area contributed by atoms with Crippen LogP contribution in [-0.2, 0) is 15.1 Å². The summed E-state index contributed by atoms with van der Waals surface area (Å²) in [4.78, 5) is 28.4. The summed E-state index contributed by atoms with van der Waals surface area (Å²) in [6.07, 6.45) is 8.41. The van der Waals surface area contributed by atoms with Crippen LogP contribution in [0.1, 0.15) is 51.6 Å². The number of amides is 1. The van der Waals surface area contributed by atoms with Crippen molar-refractivity contribution in [3.05, 3.63) is 30.2 Å². The van der Waals surface area contributed by atoms with Crippen LogP contribution in [0.15, 0.2) is 24.5 Å². The van der Waals surface area contributed by atoms with Gasteiger partial charge in [-0.3, -0.25) is 14.7 Å². The molecule has 1 amide bonds. The molecule has 0 unspecified atom stereocenters. The van der Waals surface area contributed by atoms with Crippen molar-refractivity contribution in [2.45, 2.75) is 63.7 Å². The van der Waals surface area contributed by atoms with Crippen LogP contribution < -0.4 is 10.2 Å². The fourth-order valence-corrected chi connectivity index (χ4v) is 4.20. The van der Waals surface area contributed by atoms with E-state index in [1.807, 2.05) is 11.0 Å². The Bertz CT molecular complexity index is 910. The Morgan fingerprint density at radius 2 is 2.00 bits per heavy atom. The Morgan fingerprint density at radius 1 is 1.17 bits per heavy atom. The molecule has 0 bridgehead atoms. The van der Waals surface area contributed by atoms with E-state index in [9.17, 15) is 9.90 Å². The van der Waals surface area contributed by atoms with Crippen LogP contribution in [0.4, 0.5) is 11.6 Å². The molecule has 30 heavy (non-hydrogen) atoms. The van der Waals surface area contributed by atoms with Gasteiger partial charge in [-0.2, -0.15) is 0 Å². The molecule has 2 N–H and O–H groups in total. The third-order valence-corrected chi connectivity index (χ3v) is 5.93. The van der Waals surface area contributed by atoms with Crippen molar-refractivity contribution in [3.63, 3.8) is 0 Å². The van der Waals surface area contributed by atoms with Gasteiger partial charge in [-0.15, -0.1) is 0 Å². The first kappa shape index (κ1) is 20.7. The van der Waals surface area contributed by atoms with Crippen molar-refractivity contribution in [1.29, 1.82) is 0 Å². The predicted octanol–water partition coefficient (Wildman–Crippen LogP) is 2.87. The molecular formula is C22H29N5O3. The highest BCUT2D eigenvalue weighted by Gasteiger charge is 2.34. The summed E-state index contributed by atoms with van der Waals surface area (Å²) in [7, 11) is 1.76. The zero-order chi connectivity index (χ0) is 21.3. The second kappa shape index (κ2) is 8.28. The molecule has 2 aliphatic rings. The molecule has 160 valence electrons. The van der Waals surface area contributed by atoms with Gasteiger partial charge in [0.05, 0.1) is 30.2 Å². The maximum absolute atomic E-state index is 12.8. The van der Waals surface area contributed by atoms with Crippen LogP contribution in [0, 0.1) is 0 Å². The lowest BCUT2D eigenvalue weighted by Crippen LogP contribution is -2.47. The van der Waals surface area contributed by atoms with Gasteiger partial charge in [-0.25, -0.2) is 9.97 Å². The summed E-state index contributed by atoms with van der Waals surface area (Å²) in [6, 6.07) is 3.75. The highest BCUT2D eigenvalue weighted by Crippen LogP contribution is 2.34. The topological polar surface area (TPSA) is 100 Å². The molecule has 0 saturated heterocycles. The van der Waals surface area contributed by atoms with E-state index in [4.69, 9.17) is 9.72 Å². The number of carbonyl (C=O) groups is 1. The van der Waals surface area contributed by atoms with E-state index in [2.05, 4.69) is 15.3 Å². The van der Waals surface area contributed by atoms with Gasteiger partial charge in [0.25, 0.3) is 0 Å². The molecule has 2 aromatic rings. The average Bonchev–Trinajstić information content (AvgIpc) is 2.98. The van der Waals surface area contributed by atoms with Crippen molar-refractivity contribution < 1.29 is 14.6 Å². The highest BCUT2D eigenvalue weighted by molar-refractivity contribution is 6.01. The summed E-state index contributed by atoms with van der Waals surface area (Å²) in [5, 5.41) is 13.2. The first-order chi connectivity index (χ1) is 14.4. The third kappa shape index (κ3) is 4.15. The molecule has 8 heteroatoms. The number of rotatable bonds is 4. The SMILES string of the molecule is CO[C@@H]1CCC[C@@H](N2C(=O)CNc3ncc(-c4ccc(C(C)(C)O)nc4)nc32)CC1. The van der Waals surface area contributed by atoms with E-state index in [1.54, 1.807) is 39.4 Å². The van der Waals surface area contributed by atoms with Crippen LogP contribution >= 0.6 is 0 Å². The number of ether oxygens (including phenoxy) is 1. The number of hydrogen-bond acceptors (Lipinski definition) is 7. The Labute approximate surface area is 176 Å². The quantitative estimate of drug-likeness (QED) is 0.746. The third-order valence-electron chi connectivity index (χ3n) is 5.93. The van der Waals surface area contributed by atoms with E-state index < -0.39 is 5.60 Å². The molecule has 2 aromatic heterocycles. The Morgan fingerprint density at radius 3 is 2.70 bits per heavy atom. The molecule has 0 radical (unpaired) electrons. The normalized spacial score (nSPS) is 22.3. The van der Waals surface area contributed by atoms with Crippen molar-refractivity contribution in [2.75, 3.05) is 23.9 Å². The summed E-state index contributed by atoms with van der Waals surface area (Å²) < 4.78 is 5.55. The molecule has 0 spiro atoms. The molecule has 2 atom stereocenters. The van der Waals surface area contributed by atoms with Crippen LogP contribution in [-0.4, -0.2) is 51.8 Å².